The Labute approximate surface area is 196 Å². The Bertz CT molecular complexity index is 1350. The van der Waals surface area contributed by atoms with Crippen LogP contribution < -0.4 is 10.1 Å². The molecular weight excluding hydrogens is 458 g/mol. The van der Waals surface area contributed by atoms with Gasteiger partial charge in [-0.25, -0.2) is 18.4 Å². The van der Waals surface area contributed by atoms with Gasteiger partial charge in [-0.05, 0) is 55.4 Å². The maximum atomic E-state index is 12.7. The number of nitrogens with one attached hydrogen (secondary N) is 2. The van der Waals surface area contributed by atoms with Crippen molar-refractivity contribution in [2.75, 3.05) is 12.4 Å². The summed E-state index contributed by atoms with van der Waals surface area (Å²) in [6.45, 7) is 3.75. The van der Waals surface area contributed by atoms with Gasteiger partial charge in [-0.2, -0.15) is 5.10 Å². The van der Waals surface area contributed by atoms with Crippen LogP contribution in [0.5, 0.6) is 5.75 Å². The van der Waals surface area contributed by atoms with E-state index in [1.165, 1.54) is 11.8 Å². The molecule has 0 saturated carbocycles. The third-order valence-electron chi connectivity index (χ3n) is 4.76. The minimum Gasteiger partial charge on any atom is -0.491 e. The van der Waals surface area contributed by atoms with Crippen molar-refractivity contribution in [1.29, 1.82) is 0 Å². The van der Waals surface area contributed by atoms with E-state index in [1.54, 1.807) is 43.5 Å². The molecule has 2 heterocycles. The minimum atomic E-state index is -3.43. The molecule has 0 spiro atoms. The molecule has 10 heteroatoms. The lowest BCUT2D eigenvalue weighted by Crippen LogP contribution is -2.05. The summed E-state index contributed by atoms with van der Waals surface area (Å²) in [4.78, 5) is 10.2. The number of benzene rings is 2. The number of hydrogen-bond donors (Lipinski definition) is 2. The highest BCUT2D eigenvalue weighted by Crippen LogP contribution is 2.33. The Morgan fingerprint density at radius 3 is 2.39 bits per heavy atom. The average molecular weight is 482 g/mol. The number of aromatic nitrogens is 4. The van der Waals surface area contributed by atoms with Crippen LogP contribution in [0.25, 0.3) is 0 Å². The fraction of sp³-hybridized carbons (Fsp3) is 0.174. The molecule has 0 atom stereocenters. The Hall–Kier alpha value is -3.37. The number of rotatable bonds is 8. The van der Waals surface area contributed by atoms with Gasteiger partial charge >= 0.3 is 0 Å². The summed E-state index contributed by atoms with van der Waals surface area (Å²) in [5.41, 5.74) is 2.34. The summed E-state index contributed by atoms with van der Waals surface area (Å²) in [5, 5.41) is 10.7. The molecule has 2 aromatic heterocycles. The summed E-state index contributed by atoms with van der Waals surface area (Å²) in [6.07, 6.45) is 0. The normalized spacial score (nSPS) is 11.4. The number of anilines is 2. The lowest BCUT2D eigenvalue weighted by atomic mass is 10.2. The Morgan fingerprint density at radius 2 is 1.76 bits per heavy atom. The first-order valence-corrected chi connectivity index (χ1v) is 12.6. The second-order valence-electron chi connectivity index (χ2n) is 7.35. The third-order valence-corrected chi connectivity index (χ3v) is 7.34. The number of methoxy groups -OCH3 is 1. The van der Waals surface area contributed by atoms with E-state index in [1.807, 2.05) is 38.1 Å². The molecule has 0 aliphatic heterocycles. The zero-order valence-electron chi connectivity index (χ0n) is 18.4. The number of aryl methyl sites for hydroxylation is 2. The number of hydrogen-bond acceptors (Lipinski definition) is 8. The molecule has 4 aromatic rings. The molecule has 4 rings (SSSR count). The lowest BCUT2D eigenvalue weighted by molar-refractivity contribution is 0.407. The zero-order chi connectivity index (χ0) is 23.4. The van der Waals surface area contributed by atoms with Crippen molar-refractivity contribution in [2.45, 2.75) is 34.5 Å². The first kappa shape index (κ1) is 22.8. The molecule has 0 radical (unpaired) electrons. The SMILES string of the molecule is COc1c(C)nc(Sc2ccc(S(=O)(=O)Cc3ccccc3)cc2)nc1Nc1cc(C)[nH]n1. The van der Waals surface area contributed by atoms with Crippen LogP contribution in [0, 0.1) is 13.8 Å². The quantitative estimate of drug-likeness (QED) is 0.349. The molecule has 0 unspecified atom stereocenters. The van der Waals surface area contributed by atoms with Gasteiger partial charge < -0.3 is 10.1 Å². The molecule has 33 heavy (non-hydrogen) atoms. The van der Waals surface area contributed by atoms with Crippen molar-refractivity contribution in [1.82, 2.24) is 20.2 Å². The van der Waals surface area contributed by atoms with Crippen LogP contribution in [0.3, 0.4) is 0 Å². The molecule has 0 amide bonds. The molecule has 2 N–H and O–H groups in total. The first-order valence-electron chi connectivity index (χ1n) is 10.1. The van der Waals surface area contributed by atoms with E-state index in [4.69, 9.17) is 4.74 Å². The molecule has 0 aliphatic carbocycles. The smallest absolute Gasteiger partial charge is 0.194 e. The largest absolute Gasteiger partial charge is 0.491 e. The Morgan fingerprint density at radius 1 is 1.03 bits per heavy atom. The molecule has 0 bridgehead atoms. The van der Waals surface area contributed by atoms with Gasteiger partial charge in [0.15, 0.2) is 32.4 Å². The number of ether oxygens (including phenoxy) is 1. The monoisotopic (exact) mass is 481 g/mol. The van der Waals surface area contributed by atoms with Crippen LogP contribution in [0.4, 0.5) is 11.6 Å². The Kier molecular flexibility index (Phi) is 6.66. The van der Waals surface area contributed by atoms with Crippen LogP contribution in [-0.2, 0) is 15.6 Å². The molecule has 2 aromatic carbocycles. The molecule has 170 valence electrons. The van der Waals surface area contributed by atoms with Gasteiger partial charge in [0.05, 0.1) is 23.5 Å². The second kappa shape index (κ2) is 9.63. The van der Waals surface area contributed by atoms with Crippen molar-refractivity contribution in [3.05, 3.63) is 77.6 Å². The van der Waals surface area contributed by atoms with Gasteiger partial charge in [-0.3, -0.25) is 5.10 Å². The third kappa shape index (κ3) is 5.52. The average Bonchev–Trinajstić information content (AvgIpc) is 3.19. The predicted octanol–water partition coefficient (Wildman–Crippen LogP) is 4.69. The summed E-state index contributed by atoms with van der Waals surface area (Å²) >= 11 is 1.33. The summed E-state index contributed by atoms with van der Waals surface area (Å²) < 4.78 is 30.9. The van der Waals surface area contributed by atoms with Crippen LogP contribution in [0.2, 0.25) is 0 Å². The Balaban J connectivity index is 1.54. The van der Waals surface area contributed by atoms with Crippen molar-refractivity contribution in [3.63, 3.8) is 0 Å². The highest BCUT2D eigenvalue weighted by Gasteiger charge is 2.17. The van der Waals surface area contributed by atoms with E-state index < -0.39 is 9.84 Å². The number of nitrogens with zero attached hydrogens (tertiary/aromatic N) is 3. The van der Waals surface area contributed by atoms with E-state index in [0.29, 0.717) is 28.2 Å². The van der Waals surface area contributed by atoms with E-state index in [-0.39, 0.29) is 10.6 Å². The van der Waals surface area contributed by atoms with Crippen molar-refractivity contribution >= 4 is 33.2 Å². The lowest BCUT2D eigenvalue weighted by Gasteiger charge is -2.12. The fourth-order valence-electron chi connectivity index (χ4n) is 3.21. The number of aromatic amines is 1. The molecule has 8 nitrogen and oxygen atoms in total. The van der Waals surface area contributed by atoms with Gasteiger partial charge in [0.1, 0.15) is 0 Å². The number of sulfone groups is 1. The van der Waals surface area contributed by atoms with Crippen LogP contribution >= 0.6 is 11.8 Å². The molecular formula is C23H23N5O3S2. The van der Waals surface area contributed by atoms with Gasteiger partial charge in [-0.15, -0.1) is 0 Å². The molecule has 0 aliphatic rings. The maximum absolute atomic E-state index is 12.7. The van der Waals surface area contributed by atoms with Crippen LogP contribution in [-0.4, -0.2) is 35.7 Å². The van der Waals surface area contributed by atoms with Gasteiger partial charge in [0.25, 0.3) is 0 Å². The van der Waals surface area contributed by atoms with E-state index in [9.17, 15) is 8.42 Å². The number of H-pyrrole nitrogens is 1. The summed E-state index contributed by atoms with van der Waals surface area (Å²) in [7, 11) is -1.87. The van der Waals surface area contributed by atoms with Gasteiger partial charge in [-0.1, -0.05) is 30.3 Å². The standard InChI is InChI=1S/C23H23N5O3S2/c1-15-13-20(28-27-15)25-22-21(31-3)16(2)24-23(26-22)32-18-9-11-19(12-10-18)33(29,30)14-17-7-5-4-6-8-17/h4-13H,14H2,1-3H3,(H2,24,25,26,27,28). The van der Waals surface area contributed by atoms with Crippen LogP contribution in [0.1, 0.15) is 17.0 Å². The fourth-order valence-corrected chi connectivity index (χ4v) is 5.36. The van der Waals surface area contributed by atoms with Crippen molar-refractivity contribution in [2.24, 2.45) is 0 Å². The van der Waals surface area contributed by atoms with Gasteiger partial charge in [0.2, 0.25) is 0 Å². The summed E-state index contributed by atoms with van der Waals surface area (Å²) in [5.74, 6) is 1.61. The van der Waals surface area contributed by atoms with Gasteiger partial charge in [0, 0.05) is 16.7 Å². The highest BCUT2D eigenvalue weighted by atomic mass is 32.2. The van der Waals surface area contributed by atoms with Crippen molar-refractivity contribution < 1.29 is 13.2 Å². The first-order chi connectivity index (χ1) is 15.8. The molecule has 0 fully saturated rings. The highest BCUT2D eigenvalue weighted by molar-refractivity contribution is 7.99. The predicted molar refractivity (Wildman–Crippen MR) is 128 cm³/mol. The topological polar surface area (TPSA) is 110 Å². The van der Waals surface area contributed by atoms with Crippen molar-refractivity contribution in [3.8, 4) is 5.75 Å². The van der Waals surface area contributed by atoms with E-state index in [2.05, 4.69) is 25.5 Å². The maximum Gasteiger partial charge on any atom is 0.194 e. The van der Waals surface area contributed by atoms with E-state index >= 15 is 0 Å². The second-order valence-corrected chi connectivity index (χ2v) is 10.4. The van der Waals surface area contributed by atoms with E-state index in [0.717, 1.165) is 16.2 Å². The molecule has 0 saturated heterocycles. The minimum absolute atomic E-state index is 0.0389. The van der Waals surface area contributed by atoms with Crippen LogP contribution in [0.15, 0.2) is 75.6 Å². The zero-order valence-corrected chi connectivity index (χ0v) is 20.0. The summed E-state index contributed by atoms with van der Waals surface area (Å²) in [6, 6.07) is 17.7.